The third kappa shape index (κ3) is 3.96. The molecular formula is C16H32N2. The van der Waals surface area contributed by atoms with Crippen LogP contribution < -0.4 is 5.32 Å². The topological polar surface area (TPSA) is 15.3 Å². The van der Waals surface area contributed by atoms with Crippen molar-refractivity contribution >= 4 is 0 Å². The second-order valence-corrected chi connectivity index (χ2v) is 6.87. The number of likely N-dealkylation sites (tertiary alicyclic amines) is 1. The number of hydrogen-bond acceptors (Lipinski definition) is 2. The maximum Gasteiger partial charge on any atom is 0.00503 e. The van der Waals surface area contributed by atoms with Crippen LogP contribution in [0.25, 0.3) is 0 Å². The zero-order chi connectivity index (χ0) is 12.8. The molecule has 0 radical (unpaired) electrons. The second-order valence-electron chi connectivity index (χ2n) is 6.87. The van der Waals surface area contributed by atoms with Crippen LogP contribution in [0.4, 0.5) is 0 Å². The van der Waals surface area contributed by atoms with Crippen molar-refractivity contribution < 1.29 is 0 Å². The molecule has 0 amide bonds. The number of piperidine rings is 1. The molecule has 0 aromatic carbocycles. The van der Waals surface area contributed by atoms with Gasteiger partial charge in [0.2, 0.25) is 0 Å². The van der Waals surface area contributed by atoms with E-state index >= 15 is 0 Å². The van der Waals surface area contributed by atoms with Gasteiger partial charge in [-0.05, 0) is 56.5 Å². The molecule has 2 fully saturated rings. The highest BCUT2D eigenvalue weighted by Gasteiger charge is 2.35. The first kappa shape index (κ1) is 14.3. The Morgan fingerprint density at radius 2 is 2.00 bits per heavy atom. The Labute approximate surface area is 114 Å². The van der Waals surface area contributed by atoms with Gasteiger partial charge < -0.3 is 10.2 Å². The minimum Gasteiger partial charge on any atom is -0.316 e. The maximum atomic E-state index is 3.69. The molecule has 1 aliphatic carbocycles. The summed E-state index contributed by atoms with van der Waals surface area (Å²) in [5.41, 5.74) is 0.603. The lowest BCUT2D eigenvalue weighted by Crippen LogP contribution is -2.46. The van der Waals surface area contributed by atoms with E-state index in [-0.39, 0.29) is 0 Å². The normalized spacial score (nSPS) is 28.7. The molecule has 106 valence electrons. The van der Waals surface area contributed by atoms with Gasteiger partial charge in [-0.15, -0.1) is 0 Å². The Morgan fingerprint density at radius 3 is 2.67 bits per heavy atom. The highest BCUT2D eigenvalue weighted by atomic mass is 15.1. The van der Waals surface area contributed by atoms with Crippen molar-refractivity contribution in [3.63, 3.8) is 0 Å². The number of rotatable bonds is 6. The summed E-state index contributed by atoms with van der Waals surface area (Å²) in [6, 6.07) is 0. The van der Waals surface area contributed by atoms with E-state index in [1.807, 2.05) is 0 Å². The average molecular weight is 252 g/mol. The molecular weight excluding hydrogens is 220 g/mol. The van der Waals surface area contributed by atoms with Gasteiger partial charge in [-0.3, -0.25) is 0 Å². The van der Waals surface area contributed by atoms with Crippen LogP contribution in [0.15, 0.2) is 0 Å². The summed E-state index contributed by atoms with van der Waals surface area (Å²) in [7, 11) is 0. The average Bonchev–Trinajstić information content (AvgIpc) is 2.78. The monoisotopic (exact) mass is 252 g/mol. The lowest BCUT2D eigenvalue weighted by Gasteiger charge is -2.39. The van der Waals surface area contributed by atoms with Gasteiger partial charge in [-0.2, -0.15) is 0 Å². The van der Waals surface area contributed by atoms with Crippen molar-refractivity contribution in [3.8, 4) is 0 Å². The first-order valence-electron chi connectivity index (χ1n) is 8.17. The van der Waals surface area contributed by atoms with Gasteiger partial charge >= 0.3 is 0 Å². The minimum absolute atomic E-state index is 0.603. The van der Waals surface area contributed by atoms with Gasteiger partial charge in [0.15, 0.2) is 0 Å². The van der Waals surface area contributed by atoms with Crippen molar-refractivity contribution in [2.24, 2.45) is 11.3 Å². The Balaban J connectivity index is 1.84. The Morgan fingerprint density at radius 1 is 1.22 bits per heavy atom. The van der Waals surface area contributed by atoms with E-state index in [9.17, 15) is 0 Å². The van der Waals surface area contributed by atoms with Gasteiger partial charge in [0, 0.05) is 19.6 Å². The predicted octanol–water partition coefficient (Wildman–Crippen LogP) is 3.28. The van der Waals surface area contributed by atoms with Crippen LogP contribution in [0, 0.1) is 11.3 Å². The fourth-order valence-corrected chi connectivity index (χ4v) is 3.95. The summed E-state index contributed by atoms with van der Waals surface area (Å²) in [6.07, 6.45) is 9.94. The standard InChI is InChI=1S/C16H32N2/c1-3-10-17-13-16(8-4-5-9-16)14-18-11-6-7-15(2)12-18/h15,17H,3-14H2,1-2H3. The summed E-state index contributed by atoms with van der Waals surface area (Å²) in [6.45, 7) is 11.2. The summed E-state index contributed by atoms with van der Waals surface area (Å²) in [5.74, 6) is 0.917. The van der Waals surface area contributed by atoms with Crippen molar-refractivity contribution in [1.29, 1.82) is 0 Å². The highest BCUT2D eigenvalue weighted by molar-refractivity contribution is 4.90. The molecule has 1 unspecified atom stereocenters. The summed E-state index contributed by atoms with van der Waals surface area (Å²) < 4.78 is 0. The van der Waals surface area contributed by atoms with Crippen LogP contribution in [-0.2, 0) is 0 Å². The van der Waals surface area contributed by atoms with E-state index in [4.69, 9.17) is 0 Å². The van der Waals surface area contributed by atoms with E-state index in [0.717, 1.165) is 5.92 Å². The Hall–Kier alpha value is -0.0800. The van der Waals surface area contributed by atoms with Crippen molar-refractivity contribution in [1.82, 2.24) is 10.2 Å². The lowest BCUT2D eigenvalue weighted by molar-refractivity contribution is 0.108. The molecule has 0 spiro atoms. The smallest absolute Gasteiger partial charge is 0.00503 e. The molecule has 1 N–H and O–H groups in total. The second kappa shape index (κ2) is 6.91. The number of hydrogen-bond donors (Lipinski definition) is 1. The largest absolute Gasteiger partial charge is 0.316 e. The molecule has 0 bridgehead atoms. The zero-order valence-corrected chi connectivity index (χ0v) is 12.5. The van der Waals surface area contributed by atoms with Crippen molar-refractivity contribution in [3.05, 3.63) is 0 Å². The molecule has 1 heterocycles. The summed E-state index contributed by atoms with van der Waals surface area (Å²) >= 11 is 0. The van der Waals surface area contributed by atoms with Gasteiger partial charge in [-0.1, -0.05) is 26.7 Å². The third-order valence-corrected chi connectivity index (χ3v) is 4.89. The van der Waals surface area contributed by atoms with Gasteiger partial charge in [0.25, 0.3) is 0 Å². The summed E-state index contributed by atoms with van der Waals surface area (Å²) in [4.78, 5) is 2.76. The van der Waals surface area contributed by atoms with E-state index in [1.54, 1.807) is 0 Å². The minimum atomic E-state index is 0.603. The van der Waals surface area contributed by atoms with E-state index in [1.165, 1.54) is 77.7 Å². The molecule has 18 heavy (non-hydrogen) atoms. The first-order valence-corrected chi connectivity index (χ1v) is 8.17. The summed E-state index contributed by atoms with van der Waals surface area (Å²) in [5, 5.41) is 3.69. The van der Waals surface area contributed by atoms with Crippen LogP contribution >= 0.6 is 0 Å². The zero-order valence-electron chi connectivity index (χ0n) is 12.5. The molecule has 1 saturated carbocycles. The molecule has 0 aromatic heterocycles. The predicted molar refractivity (Wildman–Crippen MR) is 78.9 cm³/mol. The molecule has 1 aliphatic heterocycles. The molecule has 1 saturated heterocycles. The highest BCUT2D eigenvalue weighted by Crippen LogP contribution is 2.39. The molecule has 2 aliphatic rings. The van der Waals surface area contributed by atoms with Crippen molar-refractivity contribution in [2.75, 3.05) is 32.7 Å². The van der Waals surface area contributed by atoms with E-state index in [2.05, 4.69) is 24.1 Å². The van der Waals surface area contributed by atoms with Crippen molar-refractivity contribution in [2.45, 2.75) is 58.8 Å². The van der Waals surface area contributed by atoms with Crippen LogP contribution in [0.1, 0.15) is 58.8 Å². The van der Waals surface area contributed by atoms with Gasteiger partial charge in [0.05, 0.1) is 0 Å². The van der Waals surface area contributed by atoms with Crippen LogP contribution in [0.2, 0.25) is 0 Å². The van der Waals surface area contributed by atoms with Crippen LogP contribution in [-0.4, -0.2) is 37.6 Å². The van der Waals surface area contributed by atoms with Gasteiger partial charge in [0.1, 0.15) is 0 Å². The number of nitrogens with zero attached hydrogens (tertiary/aromatic N) is 1. The lowest BCUT2D eigenvalue weighted by atomic mass is 9.84. The third-order valence-electron chi connectivity index (χ3n) is 4.89. The Kier molecular flexibility index (Phi) is 5.50. The van der Waals surface area contributed by atoms with E-state index in [0.29, 0.717) is 5.41 Å². The van der Waals surface area contributed by atoms with Gasteiger partial charge in [-0.25, -0.2) is 0 Å². The number of nitrogens with one attached hydrogen (secondary N) is 1. The SMILES string of the molecule is CCCNCC1(CN2CCCC(C)C2)CCCC1. The fourth-order valence-electron chi connectivity index (χ4n) is 3.95. The Bertz CT molecular complexity index is 233. The first-order chi connectivity index (χ1) is 8.74. The molecule has 0 aromatic rings. The molecule has 1 atom stereocenters. The molecule has 2 rings (SSSR count). The van der Waals surface area contributed by atoms with E-state index < -0.39 is 0 Å². The fraction of sp³-hybridized carbons (Fsp3) is 1.00. The van der Waals surface area contributed by atoms with Crippen LogP contribution in [0.3, 0.4) is 0 Å². The maximum absolute atomic E-state index is 3.69. The van der Waals surface area contributed by atoms with Crippen LogP contribution in [0.5, 0.6) is 0 Å². The quantitative estimate of drug-likeness (QED) is 0.730. The molecule has 2 nitrogen and oxygen atoms in total. The molecule has 2 heteroatoms.